The molecule has 1 atom stereocenters. The number of fused-ring (bicyclic) bond motifs is 1. The van der Waals surface area contributed by atoms with Crippen molar-refractivity contribution < 1.29 is 9.53 Å². The smallest absolute Gasteiger partial charge is 0.237 e. The van der Waals surface area contributed by atoms with E-state index in [1.807, 2.05) is 74.4 Å². The maximum absolute atomic E-state index is 13.1. The van der Waals surface area contributed by atoms with E-state index >= 15 is 0 Å². The molecule has 42 heavy (non-hydrogen) atoms. The number of nitrogens with one attached hydrogen (secondary N) is 1. The third-order valence-electron chi connectivity index (χ3n) is 8.09. The predicted octanol–water partition coefficient (Wildman–Crippen LogP) is 4.52. The average molecular weight is 568 g/mol. The molecule has 1 fully saturated rings. The number of nitrogens with two attached hydrogens (primary N) is 1. The lowest BCUT2D eigenvalue weighted by Gasteiger charge is -2.43. The van der Waals surface area contributed by atoms with Crippen molar-refractivity contribution in [2.75, 3.05) is 31.6 Å². The van der Waals surface area contributed by atoms with E-state index < -0.39 is 6.04 Å². The highest BCUT2D eigenvalue weighted by Gasteiger charge is 2.38. The summed E-state index contributed by atoms with van der Waals surface area (Å²) in [5, 5.41) is 7.89. The van der Waals surface area contributed by atoms with Crippen molar-refractivity contribution in [2.45, 2.75) is 51.6 Å². The van der Waals surface area contributed by atoms with Crippen molar-refractivity contribution in [1.82, 2.24) is 19.9 Å². The summed E-state index contributed by atoms with van der Waals surface area (Å²) >= 11 is 0. The zero-order valence-corrected chi connectivity index (χ0v) is 25.0. The first-order valence-electron chi connectivity index (χ1n) is 14.7. The van der Waals surface area contributed by atoms with E-state index in [1.54, 1.807) is 7.05 Å². The number of pyridine rings is 2. The third kappa shape index (κ3) is 6.31. The number of piperidine rings is 1. The van der Waals surface area contributed by atoms with Crippen molar-refractivity contribution in [3.63, 3.8) is 0 Å². The molecule has 3 N–H and O–H groups in total. The van der Waals surface area contributed by atoms with Crippen molar-refractivity contribution in [3.8, 4) is 16.9 Å². The predicted molar refractivity (Wildman–Crippen MR) is 168 cm³/mol. The minimum Gasteiger partial charge on any atom is -0.492 e. The highest BCUT2D eigenvalue weighted by molar-refractivity contribution is 5.96. The van der Waals surface area contributed by atoms with E-state index in [0.717, 1.165) is 66.1 Å². The Labute approximate surface area is 247 Å². The highest BCUT2D eigenvalue weighted by Crippen LogP contribution is 2.33. The van der Waals surface area contributed by atoms with Crippen LogP contribution in [-0.2, 0) is 11.2 Å². The van der Waals surface area contributed by atoms with Gasteiger partial charge < -0.3 is 20.7 Å². The van der Waals surface area contributed by atoms with Crippen LogP contribution < -0.4 is 20.7 Å². The second kappa shape index (κ2) is 12.7. The van der Waals surface area contributed by atoms with Gasteiger partial charge in [-0.15, -0.1) is 0 Å². The number of nitrogens with zero attached hydrogens (tertiary/aromatic N) is 5. The minimum atomic E-state index is -0.530. The first-order chi connectivity index (χ1) is 20.3. The van der Waals surface area contributed by atoms with Gasteiger partial charge in [-0.1, -0.05) is 44.2 Å². The second-order valence-corrected chi connectivity index (χ2v) is 11.4. The molecule has 1 aliphatic rings. The molecule has 4 aromatic rings. The molecule has 1 amide bonds. The van der Waals surface area contributed by atoms with Crippen molar-refractivity contribution in [2.24, 2.45) is 16.6 Å². The number of aliphatic imine (C=N–C) groups is 1. The Morgan fingerprint density at radius 1 is 1.17 bits per heavy atom. The molecule has 1 aliphatic heterocycles. The molecule has 0 saturated carbocycles. The van der Waals surface area contributed by atoms with E-state index in [9.17, 15) is 4.79 Å². The van der Waals surface area contributed by atoms with Crippen LogP contribution in [0, 0.1) is 5.92 Å². The standard InChI is InChI=1S/C33H41N7O2/c1-5-42-27-17-28(31-26(19-35-4)21-37-40(31)22-27)25-11-12-29(36-20-25)39-15-13-33(14-16-39,18-24-9-7-6-8-10-24)38-32(41)30(34)23(2)3/h6-12,17,19-23,30H,5,13-16,18,34H2,1-4H3,(H,38,41)/t30-/m0/s1. The Balaban J connectivity index is 1.37. The molecule has 5 rings (SSSR count). The molecule has 9 heteroatoms. The molecule has 3 aromatic heterocycles. The topological polar surface area (TPSA) is 110 Å². The van der Waals surface area contributed by atoms with E-state index in [2.05, 4.69) is 44.6 Å². The lowest BCUT2D eigenvalue weighted by molar-refractivity contribution is -0.125. The van der Waals surface area contributed by atoms with Gasteiger partial charge in [-0.05, 0) is 55.9 Å². The molecular weight excluding hydrogens is 526 g/mol. The molecule has 4 heterocycles. The number of aromatic nitrogens is 3. The molecule has 0 bridgehead atoms. The van der Waals surface area contributed by atoms with Gasteiger partial charge in [-0.2, -0.15) is 5.10 Å². The van der Waals surface area contributed by atoms with Crippen LogP contribution in [-0.4, -0.2) is 65.0 Å². The van der Waals surface area contributed by atoms with Crippen LogP contribution in [0.5, 0.6) is 5.75 Å². The highest BCUT2D eigenvalue weighted by atomic mass is 16.5. The van der Waals surface area contributed by atoms with Crippen LogP contribution in [0.4, 0.5) is 5.82 Å². The molecule has 0 spiro atoms. The number of hydrogen-bond acceptors (Lipinski definition) is 7. The van der Waals surface area contributed by atoms with Gasteiger partial charge in [0.15, 0.2) is 0 Å². The minimum absolute atomic E-state index is 0.0740. The van der Waals surface area contributed by atoms with E-state index in [0.29, 0.717) is 6.61 Å². The van der Waals surface area contributed by atoms with Crippen LogP contribution in [0.2, 0.25) is 0 Å². The maximum atomic E-state index is 13.1. The fourth-order valence-electron chi connectivity index (χ4n) is 5.70. The molecule has 0 unspecified atom stereocenters. The normalized spacial score (nSPS) is 15.8. The van der Waals surface area contributed by atoms with Crippen molar-refractivity contribution >= 4 is 23.5 Å². The van der Waals surface area contributed by atoms with Gasteiger partial charge >= 0.3 is 0 Å². The Bertz CT molecular complexity index is 1520. The van der Waals surface area contributed by atoms with Crippen LogP contribution in [0.1, 0.15) is 44.7 Å². The van der Waals surface area contributed by atoms with Crippen molar-refractivity contribution in [1.29, 1.82) is 0 Å². The van der Waals surface area contributed by atoms with Crippen molar-refractivity contribution in [3.05, 3.63) is 78.2 Å². The van der Waals surface area contributed by atoms with Crippen LogP contribution in [0.15, 0.2) is 72.1 Å². The SMILES string of the molecule is CCOc1cc(-c2ccc(N3CCC(Cc4ccccc4)(NC(=O)[C@@H](N)C(C)C)CC3)nc2)c2c(C=NC)cnn2c1. The number of hydrogen-bond donors (Lipinski definition) is 2. The Kier molecular flexibility index (Phi) is 8.87. The molecule has 0 radical (unpaired) electrons. The monoisotopic (exact) mass is 567 g/mol. The van der Waals surface area contributed by atoms with Crippen LogP contribution >= 0.6 is 0 Å². The lowest BCUT2D eigenvalue weighted by atomic mass is 9.81. The summed E-state index contributed by atoms with van der Waals surface area (Å²) < 4.78 is 7.66. The van der Waals surface area contributed by atoms with Gasteiger partial charge in [-0.25, -0.2) is 9.50 Å². The number of anilines is 1. The zero-order chi connectivity index (χ0) is 29.7. The van der Waals surface area contributed by atoms with Crippen LogP contribution in [0.3, 0.4) is 0 Å². The number of carbonyl (C=O) groups is 1. The van der Waals surface area contributed by atoms with Gasteiger partial charge in [0, 0.05) is 54.8 Å². The Hall–Kier alpha value is -4.24. The number of amides is 1. The number of rotatable bonds is 10. The van der Waals surface area contributed by atoms with E-state index in [-0.39, 0.29) is 17.4 Å². The van der Waals surface area contributed by atoms with E-state index in [4.69, 9.17) is 15.5 Å². The van der Waals surface area contributed by atoms with Gasteiger partial charge in [0.2, 0.25) is 5.91 Å². The molecule has 0 aliphatic carbocycles. The van der Waals surface area contributed by atoms with Crippen LogP contribution in [0.25, 0.3) is 16.6 Å². The fourth-order valence-corrected chi connectivity index (χ4v) is 5.70. The molecule has 1 aromatic carbocycles. The number of carbonyl (C=O) groups excluding carboxylic acids is 1. The maximum Gasteiger partial charge on any atom is 0.237 e. The quantitative estimate of drug-likeness (QED) is 0.273. The number of ether oxygens (including phenoxy) is 1. The largest absolute Gasteiger partial charge is 0.492 e. The third-order valence-corrected chi connectivity index (χ3v) is 8.09. The summed E-state index contributed by atoms with van der Waals surface area (Å²) in [6.07, 6.45) is 9.80. The zero-order valence-electron chi connectivity index (χ0n) is 25.0. The van der Waals surface area contributed by atoms with Gasteiger partial charge in [0.25, 0.3) is 0 Å². The summed E-state index contributed by atoms with van der Waals surface area (Å²) in [7, 11) is 1.76. The summed E-state index contributed by atoms with van der Waals surface area (Å²) in [5.41, 5.74) is 10.9. The Morgan fingerprint density at radius 2 is 1.93 bits per heavy atom. The molecular formula is C33H41N7O2. The Morgan fingerprint density at radius 3 is 2.57 bits per heavy atom. The summed E-state index contributed by atoms with van der Waals surface area (Å²) in [5.74, 6) is 1.66. The van der Waals surface area contributed by atoms with Gasteiger partial charge in [0.1, 0.15) is 11.6 Å². The van der Waals surface area contributed by atoms with Gasteiger partial charge in [-0.3, -0.25) is 9.79 Å². The average Bonchev–Trinajstić information content (AvgIpc) is 3.40. The van der Waals surface area contributed by atoms with E-state index in [1.165, 1.54) is 5.56 Å². The molecule has 9 nitrogen and oxygen atoms in total. The summed E-state index contributed by atoms with van der Waals surface area (Å²) in [6, 6.07) is 16.0. The van der Waals surface area contributed by atoms with Gasteiger partial charge in [0.05, 0.1) is 30.6 Å². The fraction of sp³-hybridized carbons (Fsp3) is 0.394. The summed E-state index contributed by atoms with van der Waals surface area (Å²) in [4.78, 5) is 24.5. The molecule has 1 saturated heterocycles. The summed E-state index contributed by atoms with van der Waals surface area (Å²) in [6.45, 7) is 8.05. The second-order valence-electron chi connectivity index (χ2n) is 11.4. The lowest BCUT2D eigenvalue weighted by Crippen LogP contribution is -2.60. The first-order valence-corrected chi connectivity index (χ1v) is 14.7. The first kappa shape index (κ1) is 29.3. The number of benzene rings is 1. The molecule has 220 valence electrons.